The molecular weight excluding hydrogens is 306 g/mol. The second-order valence-electron chi connectivity index (χ2n) is 5.74. The first-order valence-corrected chi connectivity index (χ1v) is 7.74. The maximum atomic E-state index is 11.5. The highest BCUT2D eigenvalue weighted by atomic mass is 16.6. The molecular formula is C17H19N5O2. The van der Waals surface area contributed by atoms with E-state index >= 15 is 0 Å². The van der Waals surface area contributed by atoms with Gasteiger partial charge >= 0.3 is 5.69 Å². The molecule has 0 unspecified atom stereocenters. The lowest BCUT2D eigenvalue weighted by molar-refractivity contribution is -0.382. The number of nitrogens with zero attached hydrogens (tertiary/aromatic N) is 4. The molecule has 3 rings (SSSR count). The number of benzene rings is 1. The number of aromatic nitrogens is 3. The monoisotopic (exact) mass is 325 g/mol. The van der Waals surface area contributed by atoms with Crippen molar-refractivity contribution < 1.29 is 4.92 Å². The van der Waals surface area contributed by atoms with Crippen LogP contribution in [0, 0.1) is 24.0 Å². The molecule has 0 radical (unpaired) electrons. The Labute approximate surface area is 139 Å². The molecule has 0 bridgehead atoms. The Morgan fingerprint density at radius 1 is 1.29 bits per heavy atom. The van der Waals surface area contributed by atoms with E-state index in [4.69, 9.17) is 0 Å². The number of nitro groups is 1. The number of nitro benzene ring substituents is 1. The van der Waals surface area contributed by atoms with E-state index in [0.717, 1.165) is 17.8 Å². The Bertz CT molecular complexity index is 917. The third-order valence-corrected chi connectivity index (χ3v) is 4.29. The summed E-state index contributed by atoms with van der Waals surface area (Å²) in [6.45, 7) is 4.60. The van der Waals surface area contributed by atoms with Crippen molar-refractivity contribution >= 4 is 22.3 Å². The first-order chi connectivity index (χ1) is 11.5. The zero-order valence-electron chi connectivity index (χ0n) is 13.9. The highest BCUT2D eigenvalue weighted by Gasteiger charge is 2.19. The number of aryl methyl sites for hydroxylation is 2. The summed E-state index contributed by atoms with van der Waals surface area (Å²) in [7, 11) is 1.92. The first kappa shape index (κ1) is 15.9. The Hall–Kier alpha value is -2.96. The number of anilines is 1. The van der Waals surface area contributed by atoms with Crippen LogP contribution < -0.4 is 5.32 Å². The van der Waals surface area contributed by atoms with Crippen molar-refractivity contribution in [3.05, 3.63) is 57.5 Å². The summed E-state index contributed by atoms with van der Waals surface area (Å²) < 4.78 is 1.86. The molecule has 0 aliphatic rings. The number of nitrogens with one attached hydrogen (secondary N) is 1. The summed E-state index contributed by atoms with van der Waals surface area (Å²) >= 11 is 0. The van der Waals surface area contributed by atoms with Crippen LogP contribution in [-0.2, 0) is 13.5 Å². The van der Waals surface area contributed by atoms with Crippen molar-refractivity contribution in [1.82, 2.24) is 14.8 Å². The highest BCUT2D eigenvalue weighted by molar-refractivity contribution is 5.94. The molecule has 7 heteroatoms. The smallest absolute Gasteiger partial charge is 0.301 e. The zero-order chi connectivity index (χ0) is 17.3. The fraction of sp³-hybridized carbons (Fsp3) is 0.294. The van der Waals surface area contributed by atoms with Gasteiger partial charge in [0.15, 0.2) is 0 Å². The van der Waals surface area contributed by atoms with Crippen LogP contribution in [0.25, 0.3) is 10.9 Å². The second-order valence-corrected chi connectivity index (χ2v) is 5.74. The maximum Gasteiger partial charge on any atom is 0.301 e. The van der Waals surface area contributed by atoms with Crippen molar-refractivity contribution in [3.63, 3.8) is 0 Å². The van der Waals surface area contributed by atoms with Gasteiger partial charge in [-0.1, -0.05) is 0 Å². The Morgan fingerprint density at radius 3 is 2.75 bits per heavy atom. The van der Waals surface area contributed by atoms with Crippen molar-refractivity contribution in [2.24, 2.45) is 7.05 Å². The van der Waals surface area contributed by atoms with Gasteiger partial charge in [-0.2, -0.15) is 5.10 Å². The maximum absolute atomic E-state index is 11.5. The third kappa shape index (κ3) is 2.80. The van der Waals surface area contributed by atoms with E-state index in [-0.39, 0.29) is 10.6 Å². The van der Waals surface area contributed by atoms with E-state index in [1.54, 1.807) is 30.5 Å². The highest BCUT2D eigenvalue weighted by Crippen LogP contribution is 2.32. The summed E-state index contributed by atoms with van der Waals surface area (Å²) in [5, 5.41) is 19.6. The fourth-order valence-electron chi connectivity index (χ4n) is 2.98. The van der Waals surface area contributed by atoms with Crippen molar-refractivity contribution in [3.8, 4) is 0 Å². The summed E-state index contributed by atoms with van der Waals surface area (Å²) in [6.07, 6.45) is 2.39. The van der Waals surface area contributed by atoms with Crippen LogP contribution in [-0.4, -0.2) is 26.2 Å². The van der Waals surface area contributed by atoms with Gasteiger partial charge in [-0.25, -0.2) is 0 Å². The van der Waals surface area contributed by atoms with E-state index in [2.05, 4.69) is 15.4 Å². The molecule has 0 saturated carbocycles. The van der Waals surface area contributed by atoms with E-state index in [0.29, 0.717) is 23.1 Å². The van der Waals surface area contributed by atoms with Gasteiger partial charge in [0.25, 0.3) is 0 Å². The average molecular weight is 325 g/mol. The molecule has 0 atom stereocenters. The van der Waals surface area contributed by atoms with Gasteiger partial charge in [0.2, 0.25) is 0 Å². The molecule has 0 saturated heterocycles. The lowest BCUT2D eigenvalue weighted by Gasteiger charge is -2.09. The molecule has 1 aromatic carbocycles. The molecule has 0 amide bonds. The van der Waals surface area contributed by atoms with Gasteiger partial charge in [0, 0.05) is 25.5 Å². The quantitative estimate of drug-likeness (QED) is 0.575. The molecule has 2 aromatic heterocycles. The van der Waals surface area contributed by atoms with Gasteiger partial charge < -0.3 is 5.32 Å². The molecule has 2 heterocycles. The molecule has 0 aliphatic heterocycles. The van der Waals surface area contributed by atoms with Crippen molar-refractivity contribution in [2.45, 2.75) is 20.3 Å². The summed E-state index contributed by atoms with van der Waals surface area (Å²) in [6, 6.07) is 6.95. The minimum Gasteiger partial charge on any atom is -0.379 e. The van der Waals surface area contributed by atoms with E-state index < -0.39 is 0 Å². The van der Waals surface area contributed by atoms with Gasteiger partial charge in [-0.15, -0.1) is 0 Å². The van der Waals surface area contributed by atoms with Crippen molar-refractivity contribution in [2.75, 3.05) is 11.9 Å². The molecule has 0 aliphatic carbocycles. The molecule has 3 aromatic rings. The minimum atomic E-state index is -0.354. The van der Waals surface area contributed by atoms with Gasteiger partial charge in [0.05, 0.1) is 21.5 Å². The fourth-order valence-corrected chi connectivity index (χ4v) is 2.98. The van der Waals surface area contributed by atoms with Crippen LogP contribution in [0.3, 0.4) is 0 Å². The van der Waals surface area contributed by atoms with Crippen LogP contribution in [0.1, 0.15) is 17.0 Å². The lowest BCUT2D eigenvalue weighted by Crippen LogP contribution is -2.08. The normalized spacial score (nSPS) is 11.0. The zero-order valence-corrected chi connectivity index (χ0v) is 13.9. The number of rotatable bonds is 5. The van der Waals surface area contributed by atoms with Crippen LogP contribution >= 0.6 is 0 Å². The molecule has 24 heavy (non-hydrogen) atoms. The molecule has 124 valence electrons. The van der Waals surface area contributed by atoms with Gasteiger partial charge in [-0.3, -0.25) is 19.8 Å². The van der Waals surface area contributed by atoms with E-state index in [9.17, 15) is 10.1 Å². The number of pyridine rings is 1. The van der Waals surface area contributed by atoms with Gasteiger partial charge in [-0.05, 0) is 50.1 Å². The van der Waals surface area contributed by atoms with Gasteiger partial charge in [0.1, 0.15) is 5.69 Å². The third-order valence-electron chi connectivity index (χ3n) is 4.29. The second kappa shape index (κ2) is 6.27. The predicted molar refractivity (Wildman–Crippen MR) is 93.3 cm³/mol. The Balaban J connectivity index is 1.85. The molecule has 0 spiro atoms. The van der Waals surface area contributed by atoms with E-state index in [1.165, 1.54) is 5.56 Å². The Kier molecular flexibility index (Phi) is 4.16. The number of fused-ring (bicyclic) bond motifs is 1. The van der Waals surface area contributed by atoms with Crippen LogP contribution in [0.2, 0.25) is 0 Å². The molecule has 7 nitrogen and oxygen atoms in total. The summed E-state index contributed by atoms with van der Waals surface area (Å²) in [5.41, 5.74) is 4.49. The lowest BCUT2D eigenvalue weighted by atomic mass is 10.1. The van der Waals surface area contributed by atoms with E-state index in [1.807, 2.05) is 25.6 Å². The minimum absolute atomic E-state index is 0.0697. The Morgan fingerprint density at radius 2 is 2.08 bits per heavy atom. The largest absolute Gasteiger partial charge is 0.379 e. The standard InChI is InChI=1S/C17H19N5O2/c1-11-13(12(2)21(3)20-11)8-10-19-16-7-6-15-14(5-4-9-18-15)17(16)22(23)24/h4-7,9,19H,8,10H2,1-3H3. The van der Waals surface area contributed by atoms with Crippen LogP contribution in [0.15, 0.2) is 30.5 Å². The number of hydrogen-bond donors (Lipinski definition) is 1. The topological polar surface area (TPSA) is 85.9 Å². The average Bonchev–Trinajstić information content (AvgIpc) is 2.80. The number of hydrogen-bond acceptors (Lipinski definition) is 5. The molecule has 1 N–H and O–H groups in total. The van der Waals surface area contributed by atoms with Crippen molar-refractivity contribution in [1.29, 1.82) is 0 Å². The first-order valence-electron chi connectivity index (χ1n) is 7.74. The summed E-state index contributed by atoms with van der Waals surface area (Å²) in [4.78, 5) is 15.3. The summed E-state index contributed by atoms with van der Waals surface area (Å²) in [5.74, 6) is 0. The molecule has 0 fully saturated rings. The van der Waals surface area contributed by atoms with Crippen LogP contribution in [0.4, 0.5) is 11.4 Å². The predicted octanol–water partition coefficient (Wildman–Crippen LogP) is 3.15. The SMILES string of the molecule is Cc1nn(C)c(C)c1CCNc1ccc2ncccc2c1[N+](=O)[O-]. The van der Waals surface area contributed by atoms with Crippen LogP contribution in [0.5, 0.6) is 0 Å².